The average Bonchev–Trinajstić information content (AvgIpc) is 2.63. The Labute approximate surface area is 142 Å². The van der Waals surface area contributed by atoms with E-state index in [9.17, 15) is 4.79 Å². The predicted molar refractivity (Wildman–Crippen MR) is 94.1 cm³/mol. The first-order valence-electron chi connectivity index (χ1n) is 8.53. The topological polar surface area (TPSA) is 60.5 Å². The van der Waals surface area contributed by atoms with Gasteiger partial charge in [-0.3, -0.25) is 9.78 Å². The summed E-state index contributed by atoms with van der Waals surface area (Å²) in [6.45, 7) is 5.03. The molecule has 0 bridgehead atoms. The zero-order valence-electron chi connectivity index (χ0n) is 14.2. The Morgan fingerprint density at radius 1 is 1.42 bits per heavy atom. The molecule has 1 aliphatic rings. The van der Waals surface area contributed by atoms with Crippen molar-refractivity contribution in [1.29, 1.82) is 0 Å². The molecule has 5 nitrogen and oxygen atoms in total. The molecule has 0 spiro atoms. The molecular formula is C19H24N2O3. The Bertz CT molecular complexity index is 711. The van der Waals surface area contributed by atoms with Crippen molar-refractivity contribution in [2.45, 2.75) is 45.3 Å². The number of hydrogen-bond acceptors (Lipinski definition) is 4. The van der Waals surface area contributed by atoms with Crippen LogP contribution in [0.1, 0.15) is 31.7 Å². The van der Waals surface area contributed by atoms with E-state index in [-0.39, 0.29) is 12.0 Å². The molecule has 0 saturated carbocycles. The highest BCUT2D eigenvalue weighted by Gasteiger charge is 2.19. The fourth-order valence-corrected chi connectivity index (χ4v) is 2.92. The van der Waals surface area contributed by atoms with Crippen molar-refractivity contribution in [2.75, 3.05) is 18.5 Å². The third kappa shape index (κ3) is 3.91. The second-order valence-corrected chi connectivity index (χ2v) is 6.28. The molecule has 2 heterocycles. The summed E-state index contributed by atoms with van der Waals surface area (Å²) in [4.78, 5) is 16.8. The number of pyridine rings is 1. The van der Waals surface area contributed by atoms with Gasteiger partial charge >= 0.3 is 0 Å². The fourth-order valence-electron chi connectivity index (χ4n) is 2.92. The molecule has 128 valence electrons. The summed E-state index contributed by atoms with van der Waals surface area (Å²) in [6, 6.07) is 7.71. The number of amides is 1. The van der Waals surface area contributed by atoms with Crippen molar-refractivity contribution in [2.24, 2.45) is 0 Å². The Morgan fingerprint density at radius 3 is 3.08 bits per heavy atom. The standard InChI is InChI=1S/C19H24N2O3/c1-13-8-9-17(16-7-5-10-20-18(13)16)21-19(22)14(2)24-12-15-6-3-4-11-23-15/h5,7-10,14-15H,3-4,6,11-12H2,1-2H3,(H,21,22)/t14-,15-/m0/s1. The number of fused-ring (bicyclic) bond motifs is 1. The molecule has 0 radical (unpaired) electrons. The minimum atomic E-state index is -0.524. The van der Waals surface area contributed by atoms with Crippen LogP contribution in [0.2, 0.25) is 0 Å². The zero-order chi connectivity index (χ0) is 16.9. The number of ether oxygens (including phenoxy) is 2. The van der Waals surface area contributed by atoms with Crippen LogP contribution < -0.4 is 5.32 Å². The van der Waals surface area contributed by atoms with Gasteiger partial charge in [0.1, 0.15) is 6.10 Å². The van der Waals surface area contributed by atoms with Crippen molar-refractivity contribution in [3.8, 4) is 0 Å². The third-order valence-electron chi connectivity index (χ3n) is 4.40. The van der Waals surface area contributed by atoms with E-state index < -0.39 is 6.10 Å². The number of anilines is 1. The number of nitrogens with zero attached hydrogens (tertiary/aromatic N) is 1. The molecule has 1 aliphatic heterocycles. The van der Waals surface area contributed by atoms with E-state index in [1.807, 2.05) is 31.2 Å². The van der Waals surface area contributed by atoms with Gasteiger partial charge in [-0.15, -0.1) is 0 Å². The van der Waals surface area contributed by atoms with Gasteiger partial charge in [-0.05, 0) is 56.9 Å². The zero-order valence-corrected chi connectivity index (χ0v) is 14.2. The minimum absolute atomic E-state index is 0.110. The van der Waals surface area contributed by atoms with E-state index >= 15 is 0 Å². The van der Waals surface area contributed by atoms with E-state index in [0.29, 0.717) is 6.61 Å². The lowest BCUT2D eigenvalue weighted by atomic mass is 10.1. The van der Waals surface area contributed by atoms with Gasteiger partial charge in [-0.1, -0.05) is 6.07 Å². The highest BCUT2D eigenvalue weighted by Crippen LogP contribution is 2.24. The molecule has 1 amide bonds. The predicted octanol–water partition coefficient (Wildman–Crippen LogP) is 3.46. The summed E-state index contributed by atoms with van der Waals surface area (Å²) in [6.07, 6.45) is 4.62. The van der Waals surface area contributed by atoms with Crippen LogP contribution in [-0.2, 0) is 14.3 Å². The Kier molecular flexibility index (Phi) is 5.43. The second kappa shape index (κ2) is 7.73. The Morgan fingerprint density at radius 2 is 2.29 bits per heavy atom. The summed E-state index contributed by atoms with van der Waals surface area (Å²) < 4.78 is 11.3. The Balaban J connectivity index is 1.63. The molecule has 1 saturated heterocycles. The van der Waals surface area contributed by atoms with Crippen LogP contribution in [0.25, 0.3) is 10.9 Å². The molecule has 1 N–H and O–H groups in total. The molecule has 1 aromatic carbocycles. The lowest BCUT2D eigenvalue weighted by Crippen LogP contribution is -2.32. The maximum atomic E-state index is 12.4. The average molecular weight is 328 g/mol. The molecule has 3 rings (SSSR count). The van der Waals surface area contributed by atoms with Gasteiger partial charge in [-0.25, -0.2) is 0 Å². The van der Waals surface area contributed by atoms with E-state index in [2.05, 4.69) is 10.3 Å². The summed E-state index contributed by atoms with van der Waals surface area (Å²) in [7, 11) is 0. The van der Waals surface area contributed by atoms with Crippen LogP contribution >= 0.6 is 0 Å². The van der Waals surface area contributed by atoms with Crippen molar-refractivity contribution < 1.29 is 14.3 Å². The molecule has 1 aromatic heterocycles. The number of hydrogen-bond donors (Lipinski definition) is 1. The summed E-state index contributed by atoms with van der Waals surface area (Å²) in [5, 5.41) is 3.89. The monoisotopic (exact) mass is 328 g/mol. The number of benzene rings is 1. The van der Waals surface area contributed by atoms with Crippen LogP contribution in [-0.4, -0.2) is 36.3 Å². The number of aromatic nitrogens is 1. The maximum Gasteiger partial charge on any atom is 0.253 e. The number of nitrogens with one attached hydrogen (secondary N) is 1. The van der Waals surface area contributed by atoms with E-state index in [0.717, 1.165) is 48.0 Å². The van der Waals surface area contributed by atoms with Crippen molar-refractivity contribution >= 4 is 22.5 Å². The second-order valence-electron chi connectivity index (χ2n) is 6.28. The van der Waals surface area contributed by atoms with Gasteiger partial charge in [0.2, 0.25) is 0 Å². The first-order valence-corrected chi connectivity index (χ1v) is 8.53. The van der Waals surface area contributed by atoms with E-state index in [4.69, 9.17) is 9.47 Å². The van der Waals surface area contributed by atoms with Crippen LogP contribution in [0.3, 0.4) is 0 Å². The lowest BCUT2D eigenvalue weighted by molar-refractivity contribution is -0.130. The third-order valence-corrected chi connectivity index (χ3v) is 4.40. The summed E-state index contributed by atoms with van der Waals surface area (Å²) >= 11 is 0. The van der Waals surface area contributed by atoms with Crippen LogP contribution in [0.4, 0.5) is 5.69 Å². The maximum absolute atomic E-state index is 12.4. The van der Waals surface area contributed by atoms with Gasteiger partial charge in [0, 0.05) is 18.2 Å². The molecular weight excluding hydrogens is 304 g/mol. The fraction of sp³-hybridized carbons (Fsp3) is 0.474. The SMILES string of the molecule is Cc1ccc(NC(=O)[C@H](C)OC[C@@H]2CCCCO2)c2cccnc12. The van der Waals surface area contributed by atoms with Crippen molar-refractivity contribution in [3.05, 3.63) is 36.0 Å². The van der Waals surface area contributed by atoms with Crippen LogP contribution in [0.15, 0.2) is 30.5 Å². The van der Waals surface area contributed by atoms with Crippen LogP contribution in [0.5, 0.6) is 0 Å². The summed E-state index contributed by atoms with van der Waals surface area (Å²) in [5.74, 6) is -0.153. The number of rotatable bonds is 5. The highest BCUT2D eigenvalue weighted by molar-refractivity contribution is 6.03. The van der Waals surface area contributed by atoms with E-state index in [1.54, 1.807) is 13.1 Å². The van der Waals surface area contributed by atoms with E-state index in [1.165, 1.54) is 0 Å². The highest BCUT2D eigenvalue weighted by atomic mass is 16.5. The molecule has 24 heavy (non-hydrogen) atoms. The molecule has 2 aromatic rings. The normalized spacial score (nSPS) is 19.2. The quantitative estimate of drug-likeness (QED) is 0.913. The molecule has 1 fully saturated rings. The first-order chi connectivity index (χ1) is 11.6. The number of aryl methyl sites for hydroxylation is 1. The van der Waals surface area contributed by atoms with Crippen molar-refractivity contribution in [3.63, 3.8) is 0 Å². The van der Waals surface area contributed by atoms with Gasteiger partial charge < -0.3 is 14.8 Å². The lowest BCUT2D eigenvalue weighted by Gasteiger charge is -2.24. The van der Waals surface area contributed by atoms with Gasteiger partial charge in [0.15, 0.2) is 0 Å². The first kappa shape index (κ1) is 16.9. The van der Waals surface area contributed by atoms with Crippen molar-refractivity contribution in [1.82, 2.24) is 4.98 Å². The Hall–Kier alpha value is -1.98. The summed E-state index contributed by atoms with van der Waals surface area (Å²) in [5.41, 5.74) is 2.75. The molecule has 0 aliphatic carbocycles. The smallest absolute Gasteiger partial charge is 0.253 e. The largest absolute Gasteiger partial charge is 0.376 e. The van der Waals surface area contributed by atoms with Gasteiger partial charge in [-0.2, -0.15) is 0 Å². The van der Waals surface area contributed by atoms with Gasteiger partial charge in [0.25, 0.3) is 5.91 Å². The molecule has 5 heteroatoms. The van der Waals surface area contributed by atoms with Crippen LogP contribution in [0, 0.1) is 6.92 Å². The number of carbonyl (C=O) groups excluding carboxylic acids is 1. The van der Waals surface area contributed by atoms with Gasteiger partial charge in [0.05, 0.1) is 23.9 Å². The number of carbonyl (C=O) groups is 1. The minimum Gasteiger partial charge on any atom is -0.376 e. The molecule has 0 unspecified atom stereocenters. The molecule has 2 atom stereocenters.